The summed E-state index contributed by atoms with van der Waals surface area (Å²) in [5, 5.41) is 13.3. The second kappa shape index (κ2) is 6.56. The lowest BCUT2D eigenvalue weighted by Crippen LogP contribution is -2.09. The van der Waals surface area contributed by atoms with E-state index in [0.29, 0.717) is 6.42 Å². The van der Waals surface area contributed by atoms with Gasteiger partial charge in [0.1, 0.15) is 15.8 Å². The zero-order valence-corrected chi connectivity index (χ0v) is 11.1. The summed E-state index contributed by atoms with van der Waals surface area (Å²) in [5.74, 6) is -0.141. The highest BCUT2D eigenvalue weighted by molar-refractivity contribution is 7.11. The first-order valence-electron chi connectivity index (χ1n) is 5.99. The third-order valence-corrected chi connectivity index (χ3v) is 3.71. The van der Waals surface area contributed by atoms with Crippen molar-refractivity contribution in [3.8, 4) is 0 Å². The van der Waals surface area contributed by atoms with Crippen molar-refractivity contribution in [2.24, 2.45) is 0 Å². The number of hydrogen-bond donors (Lipinski definition) is 1. The fourth-order valence-electron chi connectivity index (χ4n) is 1.67. The standard InChI is InChI=1S/C13H16FN3S/c1-15-9-8-13-17-16-12(18-13)7-6-10-4-2-3-5-11(10)14/h2-5,15H,6-9H2,1H3. The van der Waals surface area contributed by atoms with Gasteiger partial charge in [0.15, 0.2) is 0 Å². The van der Waals surface area contributed by atoms with Crippen molar-refractivity contribution in [1.29, 1.82) is 0 Å². The van der Waals surface area contributed by atoms with Gasteiger partial charge in [0.2, 0.25) is 0 Å². The van der Waals surface area contributed by atoms with Gasteiger partial charge in [0.25, 0.3) is 0 Å². The molecule has 0 aliphatic rings. The maximum absolute atomic E-state index is 13.4. The lowest BCUT2D eigenvalue weighted by atomic mass is 10.1. The maximum atomic E-state index is 13.4. The molecule has 1 heterocycles. The molecule has 5 heteroatoms. The Bertz CT molecular complexity index is 498. The molecule has 0 saturated heterocycles. The van der Waals surface area contributed by atoms with Crippen molar-refractivity contribution in [3.63, 3.8) is 0 Å². The summed E-state index contributed by atoms with van der Waals surface area (Å²) < 4.78 is 13.4. The second-order valence-electron chi connectivity index (χ2n) is 4.03. The smallest absolute Gasteiger partial charge is 0.126 e. The summed E-state index contributed by atoms with van der Waals surface area (Å²) in [6, 6.07) is 6.88. The lowest BCUT2D eigenvalue weighted by molar-refractivity contribution is 0.608. The lowest BCUT2D eigenvalue weighted by Gasteiger charge is -1.99. The molecule has 0 saturated carbocycles. The van der Waals surface area contributed by atoms with Crippen molar-refractivity contribution in [3.05, 3.63) is 45.7 Å². The van der Waals surface area contributed by atoms with E-state index in [2.05, 4.69) is 15.5 Å². The number of hydrogen-bond acceptors (Lipinski definition) is 4. The van der Waals surface area contributed by atoms with Crippen LogP contribution in [0.2, 0.25) is 0 Å². The van der Waals surface area contributed by atoms with E-state index in [1.165, 1.54) is 6.07 Å². The molecule has 1 N–H and O–H groups in total. The van der Waals surface area contributed by atoms with Gasteiger partial charge in [-0.15, -0.1) is 21.5 Å². The number of halogens is 1. The summed E-state index contributed by atoms with van der Waals surface area (Å²) in [4.78, 5) is 0. The molecule has 0 unspecified atom stereocenters. The zero-order chi connectivity index (χ0) is 12.8. The average Bonchev–Trinajstić information content (AvgIpc) is 2.83. The van der Waals surface area contributed by atoms with E-state index in [-0.39, 0.29) is 5.82 Å². The Morgan fingerprint density at radius 2 is 1.83 bits per heavy atom. The largest absolute Gasteiger partial charge is 0.319 e. The van der Waals surface area contributed by atoms with Crippen LogP contribution in [0.1, 0.15) is 15.6 Å². The molecule has 1 aromatic heterocycles. The molecule has 0 aliphatic carbocycles. The maximum Gasteiger partial charge on any atom is 0.126 e. The Labute approximate surface area is 110 Å². The Balaban J connectivity index is 1.90. The van der Waals surface area contributed by atoms with E-state index >= 15 is 0 Å². The summed E-state index contributed by atoms with van der Waals surface area (Å²) in [6.45, 7) is 0.905. The van der Waals surface area contributed by atoms with Gasteiger partial charge in [0, 0.05) is 19.4 Å². The first kappa shape index (κ1) is 13.1. The Morgan fingerprint density at radius 1 is 1.11 bits per heavy atom. The minimum absolute atomic E-state index is 0.141. The number of nitrogens with zero attached hydrogens (tertiary/aromatic N) is 2. The zero-order valence-electron chi connectivity index (χ0n) is 10.3. The van der Waals surface area contributed by atoms with Crippen molar-refractivity contribution in [1.82, 2.24) is 15.5 Å². The molecular weight excluding hydrogens is 249 g/mol. The molecule has 0 bridgehead atoms. The van der Waals surface area contributed by atoms with E-state index in [1.807, 2.05) is 19.2 Å². The third-order valence-electron chi connectivity index (χ3n) is 2.66. The minimum atomic E-state index is -0.141. The van der Waals surface area contributed by atoms with Crippen LogP contribution in [0.4, 0.5) is 4.39 Å². The molecule has 2 aromatic rings. The summed E-state index contributed by atoms with van der Waals surface area (Å²) >= 11 is 1.61. The van der Waals surface area contributed by atoms with Crippen LogP contribution in [0.25, 0.3) is 0 Å². The van der Waals surface area contributed by atoms with Crippen LogP contribution in [0.15, 0.2) is 24.3 Å². The normalized spacial score (nSPS) is 10.8. The van der Waals surface area contributed by atoms with Gasteiger partial charge in [-0.1, -0.05) is 18.2 Å². The highest BCUT2D eigenvalue weighted by Gasteiger charge is 2.06. The van der Waals surface area contributed by atoms with Crippen LogP contribution in [0.3, 0.4) is 0 Å². The highest BCUT2D eigenvalue weighted by atomic mass is 32.1. The number of benzene rings is 1. The van der Waals surface area contributed by atoms with E-state index < -0.39 is 0 Å². The number of aromatic nitrogens is 2. The Hall–Kier alpha value is -1.33. The van der Waals surface area contributed by atoms with Crippen LogP contribution in [-0.4, -0.2) is 23.8 Å². The van der Waals surface area contributed by atoms with Crippen LogP contribution < -0.4 is 5.32 Å². The number of likely N-dealkylation sites (N-methyl/N-ethyl adjacent to an activating group) is 1. The van der Waals surface area contributed by atoms with Gasteiger partial charge in [-0.05, 0) is 25.1 Å². The molecule has 96 valence electrons. The summed E-state index contributed by atoms with van der Waals surface area (Å²) in [6.07, 6.45) is 2.32. The molecule has 0 amide bonds. The van der Waals surface area contributed by atoms with Gasteiger partial charge in [-0.25, -0.2) is 4.39 Å². The summed E-state index contributed by atoms with van der Waals surface area (Å²) in [5.41, 5.74) is 0.740. The molecule has 0 spiro atoms. The van der Waals surface area contributed by atoms with Gasteiger partial charge < -0.3 is 5.32 Å². The molecule has 18 heavy (non-hydrogen) atoms. The number of aryl methyl sites for hydroxylation is 2. The quantitative estimate of drug-likeness (QED) is 0.870. The van der Waals surface area contributed by atoms with Crippen molar-refractivity contribution in [2.45, 2.75) is 19.3 Å². The fourth-order valence-corrected chi connectivity index (χ4v) is 2.51. The molecule has 0 atom stereocenters. The van der Waals surface area contributed by atoms with E-state index in [9.17, 15) is 4.39 Å². The first-order valence-corrected chi connectivity index (χ1v) is 6.80. The molecule has 0 aliphatic heterocycles. The predicted molar refractivity (Wildman–Crippen MR) is 71.3 cm³/mol. The van der Waals surface area contributed by atoms with Gasteiger partial charge in [-0.2, -0.15) is 0 Å². The third kappa shape index (κ3) is 3.58. The van der Waals surface area contributed by atoms with Crippen molar-refractivity contribution in [2.75, 3.05) is 13.6 Å². The first-order chi connectivity index (χ1) is 8.79. The monoisotopic (exact) mass is 265 g/mol. The van der Waals surface area contributed by atoms with Crippen LogP contribution in [-0.2, 0) is 19.3 Å². The highest BCUT2D eigenvalue weighted by Crippen LogP contribution is 2.14. The average molecular weight is 265 g/mol. The predicted octanol–water partition coefficient (Wildman–Crippen LogP) is 2.22. The Morgan fingerprint density at radius 3 is 2.56 bits per heavy atom. The van der Waals surface area contributed by atoms with Crippen LogP contribution in [0.5, 0.6) is 0 Å². The fraction of sp³-hybridized carbons (Fsp3) is 0.385. The van der Waals surface area contributed by atoms with Gasteiger partial charge in [-0.3, -0.25) is 0 Å². The second-order valence-corrected chi connectivity index (χ2v) is 5.18. The molecule has 2 rings (SSSR count). The van der Waals surface area contributed by atoms with Crippen molar-refractivity contribution < 1.29 is 4.39 Å². The van der Waals surface area contributed by atoms with E-state index in [1.54, 1.807) is 17.4 Å². The Kier molecular flexibility index (Phi) is 4.78. The topological polar surface area (TPSA) is 37.8 Å². The molecular formula is C13H16FN3S. The number of rotatable bonds is 6. The van der Waals surface area contributed by atoms with E-state index in [4.69, 9.17) is 0 Å². The molecule has 0 fully saturated rings. The van der Waals surface area contributed by atoms with E-state index in [0.717, 1.165) is 35.0 Å². The van der Waals surface area contributed by atoms with Crippen molar-refractivity contribution >= 4 is 11.3 Å². The van der Waals surface area contributed by atoms with Gasteiger partial charge in [0.05, 0.1) is 0 Å². The SMILES string of the molecule is CNCCc1nnc(CCc2ccccc2F)s1. The van der Waals surface area contributed by atoms with Crippen LogP contribution in [0, 0.1) is 5.82 Å². The van der Waals surface area contributed by atoms with Crippen LogP contribution >= 0.6 is 11.3 Å². The number of nitrogens with one attached hydrogen (secondary N) is 1. The molecule has 0 radical (unpaired) electrons. The molecule has 1 aromatic carbocycles. The summed E-state index contributed by atoms with van der Waals surface area (Å²) in [7, 11) is 1.92. The minimum Gasteiger partial charge on any atom is -0.319 e. The van der Waals surface area contributed by atoms with Gasteiger partial charge >= 0.3 is 0 Å². The molecule has 3 nitrogen and oxygen atoms in total.